The summed E-state index contributed by atoms with van der Waals surface area (Å²) in [4.78, 5) is 4.06. The molecule has 1 heterocycles. The molecule has 0 radical (unpaired) electrons. The molecule has 13 heavy (non-hydrogen) atoms. The first-order chi connectivity index (χ1) is 6.36. The number of nitrogens with zero attached hydrogens (tertiary/aromatic N) is 2. The van der Waals surface area contributed by atoms with Gasteiger partial charge in [0.05, 0.1) is 0 Å². The van der Waals surface area contributed by atoms with Crippen LogP contribution in [0.1, 0.15) is 12.6 Å². The van der Waals surface area contributed by atoms with Crippen molar-refractivity contribution in [1.29, 1.82) is 5.26 Å². The lowest BCUT2D eigenvalue weighted by molar-refractivity contribution is 1.20. The minimum Gasteiger partial charge on any atom is -0.367 e. The zero-order chi connectivity index (χ0) is 9.52. The maximum Gasteiger partial charge on any atom is 0.142 e. The third-order valence-electron chi connectivity index (χ3n) is 1.50. The Balaban J connectivity index is 2.62. The van der Waals surface area contributed by atoms with Gasteiger partial charge >= 0.3 is 0 Å². The lowest BCUT2D eigenvalue weighted by Crippen LogP contribution is -2.00. The van der Waals surface area contributed by atoms with Crippen molar-refractivity contribution in [1.82, 2.24) is 4.98 Å². The molecular weight excluding hydrogens is 162 g/mol. The third-order valence-corrected chi connectivity index (χ3v) is 1.50. The first-order valence-electron chi connectivity index (χ1n) is 4.09. The number of rotatable bonds is 3. The highest BCUT2D eigenvalue weighted by Crippen LogP contribution is 2.02. The van der Waals surface area contributed by atoms with Crippen molar-refractivity contribution < 1.29 is 0 Å². The molecule has 1 aromatic rings. The highest BCUT2D eigenvalue weighted by atomic mass is 15.0. The predicted molar refractivity (Wildman–Crippen MR) is 52.3 cm³/mol. The number of pyridine rings is 1. The molecule has 1 aromatic heterocycles. The second-order valence-electron chi connectivity index (χ2n) is 2.47. The Labute approximate surface area is 77.7 Å². The number of hydrogen-bond donors (Lipinski definition) is 1. The Morgan fingerprint density at radius 2 is 2.46 bits per heavy atom. The molecule has 66 valence electrons. The second kappa shape index (κ2) is 4.94. The smallest absolute Gasteiger partial charge is 0.142 e. The molecular formula is C10H11N3. The summed E-state index contributed by atoms with van der Waals surface area (Å²) in [6, 6.07) is 7.32. The molecule has 0 spiro atoms. The van der Waals surface area contributed by atoms with Gasteiger partial charge in [0.25, 0.3) is 0 Å². The van der Waals surface area contributed by atoms with Crippen LogP contribution in [0.3, 0.4) is 0 Å². The summed E-state index contributed by atoms with van der Waals surface area (Å²) >= 11 is 0. The van der Waals surface area contributed by atoms with Crippen LogP contribution in [-0.2, 0) is 0 Å². The summed E-state index contributed by atoms with van der Waals surface area (Å²) in [5.74, 6) is 0.733. The normalized spacial score (nSPS) is 9.85. The molecule has 0 fully saturated rings. The molecule has 1 N–H and O–H groups in total. The number of nitriles is 1. The molecule has 0 atom stereocenters. The van der Waals surface area contributed by atoms with Crippen LogP contribution in [0.15, 0.2) is 30.4 Å². The minimum atomic E-state index is 0.436. The van der Waals surface area contributed by atoms with Crippen LogP contribution in [0.5, 0.6) is 0 Å². The zero-order valence-corrected chi connectivity index (χ0v) is 7.49. The van der Waals surface area contributed by atoms with Crippen LogP contribution >= 0.6 is 0 Å². The summed E-state index contributed by atoms with van der Waals surface area (Å²) in [6.45, 7) is 2.69. The standard InChI is InChI=1S/C10H11N3/c1-2-3-7-12-10-6-4-5-9(8-11)13-10/h2-6H,7H2,1H3,(H,12,13)/b3-2+. The molecule has 0 aliphatic rings. The second-order valence-corrected chi connectivity index (χ2v) is 2.47. The van der Waals surface area contributed by atoms with Crippen molar-refractivity contribution in [2.45, 2.75) is 6.92 Å². The number of anilines is 1. The van der Waals surface area contributed by atoms with Gasteiger partial charge in [0.15, 0.2) is 0 Å². The van der Waals surface area contributed by atoms with Gasteiger partial charge < -0.3 is 5.32 Å². The van der Waals surface area contributed by atoms with Gasteiger partial charge in [-0.25, -0.2) is 4.98 Å². The van der Waals surface area contributed by atoms with Crippen LogP contribution in [0.4, 0.5) is 5.82 Å². The van der Waals surface area contributed by atoms with Crippen molar-refractivity contribution in [2.75, 3.05) is 11.9 Å². The maximum absolute atomic E-state index is 8.58. The van der Waals surface area contributed by atoms with Crippen molar-refractivity contribution in [3.05, 3.63) is 36.0 Å². The predicted octanol–water partition coefficient (Wildman–Crippen LogP) is 1.94. The van der Waals surface area contributed by atoms with Crippen LogP contribution < -0.4 is 5.32 Å². The van der Waals surface area contributed by atoms with Crippen LogP contribution in [-0.4, -0.2) is 11.5 Å². The van der Waals surface area contributed by atoms with Gasteiger partial charge in [0, 0.05) is 6.54 Å². The van der Waals surface area contributed by atoms with Gasteiger partial charge in [-0.1, -0.05) is 18.2 Å². The van der Waals surface area contributed by atoms with E-state index in [2.05, 4.69) is 10.3 Å². The van der Waals surface area contributed by atoms with E-state index in [0.29, 0.717) is 5.69 Å². The largest absolute Gasteiger partial charge is 0.367 e. The highest BCUT2D eigenvalue weighted by molar-refractivity contribution is 5.38. The third kappa shape index (κ3) is 2.96. The van der Waals surface area contributed by atoms with E-state index in [9.17, 15) is 0 Å². The van der Waals surface area contributed by atoms with Gasteiger partial charge in [-0.3, -0.25) is 0 Å². The lowest BCUT2D eigenvalue weighted by atomic mass is 10.3. The van der Waals surface area contributed by atoms with E-state index in [-0.39, 0.29) is 0 Å². The molecule has 0 saturated carbocycles. The molecule has 0 aliphatic heterocycles. The topological polar surface area (TPSA) is 48.7 Å². The van der Waals surface area contributed by atoms with Crippen molar-refractivity contribution in [3.8, 4) is 6.07 Å². The van der Waals surface area contributed by atoms with E-state index in [1.165, 1.54) is 0 Å². The molecule has 0 amide bonds. The van der Waals surface area contributed by atoms with Gasteiger partial charge in [-0.2, -0.15) is 5.26 Å². The van der Waals surface area contributed by atoms with Crippen LogP contribution in [0.25, 0.3) is 0 Å². The van der Waals surface area contributed by atoms with E-state index in [0.717, 1.165) is 12.4 Å². The van der Waals surface area contributed by atoms with E-state index in [1.807, 2.05) is 37.3 Å². The molecule has 0 aromatic carbocycles. The number of nitrogens with one attached hydrogen (secondary N) is 1. The molecule has 1 rings (SSSR count). The molecule has 0 saturated heterocycles. The fraction of sp³-hybridized carbons (Fsp3) is 0.200. The molecule has 3 nitrogen and oxygen atoms in total. The zero-order valence-electron chi connectivity index (χ0n) is 7.49. The van der Waals surface area contributed by atoms with Gasteiger partial charge in [0.1, 0.15) is 17.6 Å². The van der Waals surface area contributed by atoms with Crippen molar-refractivity contribution in [3.63, 3.8) is 0 Å². The van der Waals surface area contributed by atoms with Gasteiger partial charge in [-0.05, 0) is 19.1 Å². The van der Waals surface area contributed by atoms with E-state index < -0.39 is 0 Å². The summed E-state index contributed by atoms with van der Waals surface area (Å²) in [5, 5.41) is 11.7. The summed E-state index contributed by atoms with van der Waals surface area (Å²) < 4.78 is 0. The van der Waals surface area contributed by atoms with Crippen molar-refractivity contribution >= 4 is 5.82 Å². The fourth-order valence-electron chi connectivity index (χ4n) is 0.877. The van der Waals surface area contributed by atoms with Gasteiger partial charge in [0.2, 0.25) is 0 Å². The SMILES string of the molecule is C/C=C/CNc1cccc(C#N)n1. The Hall–Kier alpha value is -1.82. The number of allylic oxidation sites excluding steroid dienone is 1. The Kier molecular flexibility index (Phi) is 3.52. The molecule has 0 bridgehead atoms. The number of hydrogen-bond acceptors (Lipinski definition) is 3. The maximum atomic E-state index is 8.58. The average molecular weight is 173 g/mol. The molecule has 0 unspecified atom stereocenters. The highest BCUT2D eigenvalue weighted by Gasteiger charge is 1.93. The van der Waals surface area contributed by atoms with Crippen molar-refractivity contribution in [2.24, 2.45) is 0 Å². The average Bonchev–Trinajstić information content (AvgIpc) is 2.19. The first-order valence-corrected chi connectivity index (χ1v) is 4.09. The van der Waals surface area contributed by atoms with Crippen LogP contribution in [0, 0.1) is 11.3 Å². The van der Waals surface area contributed by atoms with E-state index in [4.69, 9.17) is 5.26 Å². The van der Waals surface area contributed by atoms with E-state index in [1.54, 1.807) is 6.07 Å². The monoisotopic (exact) mass is 173 g/mol. The first kappa shape index (κ1) is 9.27. The fourth-order valence-corrected chi connectivity index (χ4v) is 0.877. The molecule has 0 aliphatic carbocycles. The Morgan fingerprint density at radius 1 is 1.62 bits per heavy atom. The van der Waals surface area contributed by atoms with Gasteiger partial charge in [-0.15, -0.1) is 0 Å². The summed E-state index contributed by atoms with van der Waals surface area (Å²) in [7, 11) is 0. The van der Waals surface area contributed by atoms with Crippen LogP contribution in [0.2, 0.25) is 0 Å². The molecule has 3 heteroatoms. The summed E-state index contributed by atoms with van der Waals surface area (Å²) in [5.41, 5.74) is 0.436. The quantitative estimate of drug-likeness (QED) is 0.710. The Bertz CT molecular complexity index is 336. The lowest BCUT2D eigenvalue weighted by Gasteiger charge is -2.00. The van der Waals surface area contributed by atoms with E-state index >= 15 is 0 Å². The summed E-state index contributed by atoms with van der Waals surface area (Å²) in [6.07, 6.45) is 3.95. The number of aromatic nitrogens is 1. The Morgan fingerprint density at radius 3 is 3.15 bits per heavy atom. The minimum absolute atomic E-state index is 0.436.